The average molecular weight is 180 g/mol. The molecule has 2 saturated carbocycles. The third kappa shape index (κ3) is 1.78. The van der Waals surface area contributed by atoms with E-state index in [1.165, 1.54) is 38.5 Å². The second kappa shape index (κ2) is 3.29. The van der Waals surface area contributed by atoms with E-state index in [-0.39, 0.29) is 0 Å². The lowest BCUT2D eigenvalue weighted by atomic mass is 9.57. The smallest absolute Gasteiger partial charge is 0.0323 e. The van der Waals surface area contributed by atoms with Gasteiger partial charge in [0.05, 0.1) is 0 Å². The predicted molar refractivity (Wildman–Crippen MR) is 57.6 cm³/mol. The van der Waals surface area contributed by atoms with E-state index in [1.807, 2.05) is 0 Å². The van der Waals surface area contributed by atoms with Gasteiger partial charge in [0.25, 0.3) is 0 Å². The molecule has 13 heavy (non-hydrogen) atoms. The van der Waals surface area contributed by atoms with Crippen molar-refractivity contribution in [2.45, 2.75) is 59.3 Å². The summed E-state index contributed by atoms with van der Waals surface area (Å²) in [6.45, 7) is 7.45. The highest BCUT2D eigenvalue weighted by Crippen LogP contribution is 2.51. The molecule has 76 valence electrons. The summed E-state index contributed by atoms with van der Waals surface area (Å²) in [5.41, 5.74) is 0.650. The normalized spacial score (nSPS) is 44.1. The van der Waals surface area contributed by atoms with Crippen LogP contribution in [-0.2, 0) is 0 Å². The average Bonchev–Trinajstić information content (AvgIpc) is 2.06. The molecule has 3 atom stereocenters. The van der Waals surface area contributed by atoms with Crippen molar-refractivity contribution in [3.63, 3.8) is 0 Å². The lowest BCUT2D eigenvalue weighted by Crippen LogP contribution is -2.38. The molecule has 0 aromatic carbocycles. The van der Waals surface area contributed by atoms with Gasteiger partial charge in [-0.1, -0.05) is 40.0 Å². The van der Waals surface area contributed by atoms with Gasteiger partial charge in [-0.25, -0.2) is 0 Å². The monoisotopic (exact) mass is 180 g/mol. The maximum Gasteiger partial charge on any atom is -0.0323 e. The Labute approximate surface area is 83.1 Å². The van der Waals surface area contributed by atoms with Crippen molar-refractivity contribution in [2.24, 2.45) is 23.2 Å². The van der Waals surface area contributed by atoms with Crippen LogP contribution >= 0.6 is 0 Å². The van der Waals surface area contributed by atoms with Crippen LogP contribution in [0.2, 0.25) is 0 Å². The lowest BCUT2D eigenvalue weighted by molar-refractivity contribution is 0.0220. The van der Waals surface area contributed by atoms with Crippen LogP contribution in [0.4, 0.5) is 0 Å². The van der Waals surface area contributed by atoms with Gasteiger partial charge in [0.2, 0.25) is 0 Å². The van der Waals surface area contributed by atoms with Crippen LogP contribution < -0.4 is 0 Å². The zero-order valence-electron chi connectivity index (χ0n) is 9.47. The van der Waals surface area contributed by atoms with Gasteiger partial charge in [-0.05, 0) is 42.4 Å². The standard InChI is InChI=1S/C13H24/c1-10-6-7-11-5-4-8-13(2,3)12(11)9-10/h10-12H,4-9H2,1-3H3. The van der Waals surface area contributed by atoms with Crippen LogP contribution in [0.3, 0.4) is 0 Å². The molecule has 0 bridgehead atoms. The Morgan fingerprint density at radius 2 is 1.85 bits per heavy atom. The van der Waals surface area contributed by atoms with Crippen molar-refractivity contribution in [1.82, 2.24) is 0 Å². The van der Waals surface area contributed by atoms with Gasteiger partial charge in [-0.2, -0.15) is 0 Å². The Hall–Kier alpha value is 0. The zero-order valence-corrected chi connectivity index (χ0v) is 9.47. The number of fused-ring (bicyclic) bond motifs is 1. The highest BCUT2D eigenvalue weighted by atomic mass is 14.5. The Bertz CT molecular complexity index is 180. The summed E-state index contributed by atoms with van der Waals surface area (Å²) in [7, 11) is 0. The summed E-state index contributed by atoms with van der Waals surface area (Å²) >= 11 is 0. The van der Waals surface area contributed by atoms with Crippen molar-refractivity contribution in [3.8, 4) is 0 Å². The first-order chi connectivity index (χ1) is 6.09. The maximum absolute atomic E-state index is 2.50. The molecule has 0 nitrogen and oxygen atoms in total. The zero-order chi connectivity index (χ0) is 9.47. The second-order valence-electron chi connectivity index (χ2n) is 6.17. The van der Waals surface area contributed by atoms with Crippen LogP contribution in [0.1, 0.15) is 59.3 Å². The molecule has 0 heteroatoms. The highest BCUT2D eigenvalue weighted by Gasteiger charge is 2.41. The van der Waals surface area contributed by atoms with Crippen LogP contribution in [0.15, 0.2) is 0 Å². The Morgan fingerprint density at radius 3 is 2.62 bits per heavy atom. The molecule has 0 spiro atoms. The largest absolute Gasteiger partial charge is 0.0625 e. The van der Waals surface area contributed by atoms with E-state index in [9.17, 15) is 0 Å². The van der Waals surface area contributed by atoms with Gasteiger partial charge >= 0.3 is 0 Å². The Balaban J connectivity index is 2.10. The molecule has 0 aliphatic heterocycles. The fourth-order valence-corrected chi connectivity index (χ4v) is 3.75. The molecule has 2 aliphatic rings. The summed E-state index contributed by atoms with van der Waals surface area (Å²) in [5, 5.41) is 0. The summed E-state index contributed by atoms with van der Waals surface area (Å²) < 4.78 is 0. The molecule has 0 N–H and O–H groups in total. The lowest BCUT2D eigenvalue weighted by Gasteiger charge is -2.48. The van der Waals surface area contributed by atoms with E-state index in [0.29, 0.717) is 5.41 Å². The molecule has 0 saturated heterocycles. The van der Waals surface area contributed by atoms with E-state index in [1.54, 1.807) is 0 Å². The number of hydrogen-bond donors (Lipinski definition) is 0. The van der Waals surface area contributed by atoms with Crippen molar-refractivity contribution >= 4 is 0 Å². The first-order valence-corrected chi connectivity index (χ1v) is 6.09. The van der Waals surface area contributed by atoms with E-state index in [2.05, 4.69) is 20.8 Å². The van der Waals surface area contributed by atoms with Crippen LogP contribution in [0, 0.1) is 23.2 Å². The molecule has 0 heterocycles. The Morgan fingerprint density at radius 1 is 1.08 bits per heavy atom. The molecule has 2 aliphatic carbocycles. The van der Waals surface area contributed by atoms with Crippen LogP contribution in [-0.4, -0.2) is 0 Å². The minimum Gasteiger partial charge on any atom is -0.0625 e. The van der Waals surface area contributed by atoms with Crippen LogP contribution in [0.5, 0.6) is 0 Å². The van der Waals surface area contributed by atoms with Crippen molar-refractivity contribution < 1.29 is 0 Å². The SMILES string of the molecule is CC1CCC2CCCC(C)(C)C2C1. The van der Waals surface area contributed by atoms with Crippen molar-refractivity contribution in [2.75, 3.05) is 0 Å². The molecule has 0 aromatic heterocycles. The maximum atomic E-state index is 2.50. The predicted octanol–water partition coefficient (Wildman–Crippen LogP) is 4.25. The van der Waals surface area contributed by atoms with E-state index in [0.717, 1.165) is 17.8 Å². The molecule has 0 aromatic rings. The quantitative estimate of drug-likeness (QED) is 0.523. The second-order valence-corrected chi connectivity index (χ2v) is 6.17. The van der Waals surface area contributed by atoms with Gasteiger partial charge in [0.1, 0.15) is 0 Å². The van der Waals surface area contributed by atoms with Gasteiger partial charge < -0.3 is 0 Å². The molecule has 3 unspecified atom stereocenters. The van der Waals surface area contributed by atoms with Gasteiger partial charge in [0.15, 0.2) is 0 Å². The molecule has 2 rings (SSSR count). The number of rotatable bonds is 0. The topological polar surface area (TPSA) is 0 Å². The van der Waals surface area contributed by atoms with Crippen LogP contribution in [0.25, 0.3) is 0 Å². The van der Waals surface area contributed by atoms with E-state index < -0.39 is 0 Å². The van der Waals surface area contributed by atoms with Crippen molar-refractivity contribution in [3.05, 3.63) is 0 Å². The number of hydrogen-bond acceptors (Lipinski definition) is 0. The van der Waals surface area contributed by atoms with Gasteiger partial charge in [-0.15, -0.1) is 0 Å². The summed E-state index contributed by atoms with van der Waals surface area (Å²) in [6, 6.07) is 0. The summed E-state index contributed by atoms with van der Waals surface area (Å²) in [5.74, 6) is 3.13. The summed E-state index contributed by atoms with van der Waals surface area (Å²) in [4.78, 5) is 0. The first-order valence-electron chi connectivity index (χ1n) is 6.09. The fourth-order valence-electron chi connectivity index (χ4n) is 3.75. The molecule has 2 fully saturated rings. The molecular weight excluding hydrogens is 156 g/mol. The minimum atomic E-state index is 0.650. The van der Waals surface area contributed by atoms with Gasteiger partial charge in [-0.3, -0.25) is 0 Å². The first kappa shape index (κ1) is 9.55. The molecule has 0 amide bonds. The molecule has 0 radical (unpaired) electrons. The molecular formula is C13H24. The van der Waals surface area contributed by atoms with Crippen molar-refractivity contribution in [1.29, 1.82) is 0 Å². The minimum absolute atomic E-state index is 0.650. The third-order valence-electron chi connectivity index (χ3n) is 4.66. The summed E-state index contributed by atoms with van der Waals surface area (Å²) in [6.07, 6.45) is 9.02. The van der Waals surface area contributed by atoms with E-state index in [4.69, 9.17) is 0 Å². The van der Waals surface area contributed by atoms with Gasteiger partial charge in [0, 0.05) is 0 Å². The Kier molecular flexibility index (Phi) is 2.42. The third-order valence-corrected chi connectivity index (χ3v) is 4.66. The van der Waals surface area contributed by atoms with E-state index >= 15 is 0 Å². The highest BCUT2D eigenvalue weighted by molar-refractivity contribution is 4.91. The fraction of sp³-hybridized carbons (Fsp3) is 1.00.